The standard InChI is InChI=1S/C17H24N2O5/c1-2-22-11-14(20)10-18-5-7-19(8-6-18)17(21)13-3-4-15-16(9-13)24-12-23-15/h3-4,9,14,20H,2,5-8,10-12H2,1H3/t14-/m0/s1. The number of β-amino-alcohol motifs (C(OH)–C–C–N with tert-alkyl or cyclic N) is 1. The predicted octanol–water partition coefficient (Wildman–Crippen LogP) is 0.570. The van der Waals surface area contributed by atoms with E-state index in [1.807, 2.05) is 11.8 Å². The van der Waals surface area contributed by atoms with E-state index >= 15 is 0 Å². The van der Waals surface area contributed by atoms with Crippen molar-refractivity contribution in [3.63, 3.8) is 0 Å². The second kappa shape index (κ2) is 7.83. The fraction of sp³-hybridized carbons (Fsp3) is 0.588. The molecule has 24 heavy (non-hydrogen) atoms. The minimum Gasteiger partial charge on any atom is -0.454 e. The van der Waals surface area contributed by atoms with Gasteiger partial charge in [-0.15, -0.1) is 0 Å². The van der Waals surface area contributed by atoms with Gasteiger partial charge in [0.25, 0.3) is 5.91 Å². The maximum absolute atomic E-state index is 12.6. The largest absolute Gasteiger partial charge is 0.454 e. The summed E-state index contributed by atoms with van der Waals surface area (Å²) in [6.07, 6.45) is -0.485. The molecule has 0 radical (unpaired) electrons. The molecule has 1 fully saturated rings. The molecule has 2 aliphatic rings. The van der Waals surface area contributed by atoms with E-state index in [2.05, 4.69) is 4.90 Å². The lowest BCUT2D eigenvalue weighted by Gasteiger charge is -2.35. The predicted molar refractivity (Wildman–Crippen MR) is 87.4 cm³/mol. The van der Waals surface area contributed by atoms with Crippen molar-refractivity contribution in [1.82, 2.24) is 9.80 Å². The van der Waals surface area contributed by atoms with Crippen LogP contribution in [0.3, 0.4) is 0 Å². The summed E-state index contributed by atoms with van der Waals surface area (Å²) in [6, 6.07) is 5.28. The number of carbonyl (C=O) groups is 1. The Hall–Kier alpha value is -1.83. The Bertz CT molecular complexity index is 572. The summed E-state index contributed by atoms with van der Waals surface area (Å²) in [4.78, 5) is 16.6. The molecule has 0 saturated carbocycles. The number of ether oxygens (including phenoxy) is 3. The Kier molecular flexibility index (Phi) is 5.55. The summed E-state index contributed by atoms with van der Waals surface area (Å²) in [6.45, 7) is 6.44. The number of carbonyl (C=O) groups excluding carboxylic acids is 1. The molecule has 2 aliphatic heterocycles. The lowest BCUT2D eigenvalue weighted by atomic mass is 10.1. The molecule has 3 rings (SSSR count). The molecule has 1 aromatic rings. The second-order valence-corrected chi connectivity index (χ2v) is 5.97. The van der Waals surface area contributed by atoms with Gasteiger partial charge in [-0.3, -0.25) is 9.69 Å². The lowest BCUT2D eigenvalue weighted by Crippen LogP contribution is -2.50. The summed E-state index contributed by atoms with van der Waals surface area (Å²) in [5, 5.41) is 9.90. The topological polar surface area (TPSA) is 71.5 Å². The minimum atomic E-state index is -0.485. The molecule has 0 aromatic heterocycles. The van der Waals surface area contributed by atoms with Crippen molar-refractivity contribution in [2.75, 3.05) is 52.7 Å². The van der Waals surface area contributed by atoms with E-state index < -0.39 is 6.10 Å². The zero-order valence-corrected chi connectivity index (χ0v) is 13.9. The molecular formula is C17H24N2O5. The highest BCUT2D eigenvalue weighted by molar-refractivity contribution is 5.95. The van der Waals surface area contributed by atoms with Crippen molar-refractivity contribution in [3.8, 4) is 11.5 Å². The van der Waals surface area contributed by atoms with Gasteiger partial charge in [-0.05, 0) is 25.1 Å². The number of hydrogen-bond acceptors (Lipinski definition) is 6. The number of benzene rings is 1. The first-order valence-corrected chi connectivity index (χ1v) is 8.34. The smallest absolute Gasteiger partial charge is 0.254 e. The van der Waals surface area contributed by atoms with E-state index in [1.165, 1.54) is 0 Å². The normalized spacial score (nSPS) is 18.7. The highest BCUT2D eigenvalue weighted by Crippen LogP contribution is 2.32. The van der Waals surface area contributed by atoms with Crippen LogP contribution in [0.5, 0.6) is 11.5 Å². The average Bonchev–Trinajstić information content (AvgIpc) is 3.07. The molecule has 0 unspecified atom stereocenters. The lowest BCUT2D eigenvalue weighted by molar-refractivity contribution is 0.0111. The van der Waals surface area contributed by atoms with Gasteiger partial charge in [0.15, 0.2) is 11.5 Å². The number of hydrogen-bond donors (Lipinski definition) is 1. The summed E-state index contributed by atoms with van der Waals surface area (Å²) in [5.41, 5.74) is 0.615. The van der Waals surface area contributed by atoms with Gasteiger partial charge in [-0.25, -0.2) is 0 Å². The Balaban J connectivity index is 1.50. The zero-order valence-electron chi connectivity index (χ0n) is 13.9. The van der Waals surface area contributed by atoms with Crippen LogP contribution in [0.15, 0.2) is 18.2 Å². The molecule has 1 atom stereocenters. The minimum absolute atomic E-state index is 0.00261. The fourth-order valence-corrected chi connectivity index (χ4v) is 2.95. The summed E-state index contributed by atoms with van der Waals surface area (Å²) < 4.78 is 15.8. The van der Waals surface area contributed by atoms with Gasteiger partial charge in [-0.1, -0.05) is 0 Å². The van der Waals surface area contributed by atoms with Crippen LogP contribution in [0.2, 0.25) is 0 Å². The Morgan fingerprint density at radius 2 is 2.00 bits per heavy atom. The van der Waals surface area contributed by atoms with Crippen LogP contribution in [0.1, 0.15) is 17.3 Å². The quantitative estimate of drug-likeness (QED) is 0.819. The first kappa shape index (κ1) is 17.0. The van der Waals surface area contributed by atoms with E-state index in [0.29, 0.717) is 49.9 Å². The molecule has 1 saturated heterocycles. The summed E-state index contributed by atoms with van der Waals surface area (Å²) in [5.74, 6) is 1.31. The van der Waals surface area contributed by atoms with Crippen LogP contribution in [0.4, 0.5) is 0 Å². The number of piperazine rings is 1. The average molecular weight is 336 g/mol. The van der Waals surface area contributed by atoms with E-state index in [4.69, 9.17) is 14.2 Å². The molecular weight excluding hydrogens is 312 g/mol. The molecule has 7 heteroatoms. The number of rotatable bonds is 6. The van der Waals surface area contributed by atoms with Crippen LogP contribution in [0.25, 0.3) is 0 Å². The van der Waals surface area contributed by atoms with Crippen molar-refractivity contribution in [1.29, 1.82) is 0 Å². The third-order valence-electron chi connectivity index (χ3n) is 4.26. The van der Waals surface area contributed by atoms with Crippen LogP contribution in [-0.4, -0.2) is 79.6 Å². The van der Waals surface area contributed by atoms with E-state index in [-0.39, 0.29) is 12.7 Å². The zero-order chi connectivity index (χ0) is 16.9. The Labute approximate surface area is 141 Å². The number of aliphatic hydroxyl groups excluding tert-OH is 1. The van der Waals surface area contributed by atoms with Gasteiger partial charge in [0, 0.05) is 44.9 Å². The molecule has 1 aromatic carbocycles. The maximum Gasteiger partial charge on any atom is 0.254 e. The third-order valence-corrected chi connectivity index (χ3v) is 4.26. The van der Waals surface area contributed by atoms with Gasteiger partial charge in [0.2, 0.25) is 6.79 Å². The summed E-state index contributed by atoms with van der Waals surface area (Å²) >= 11 is 0. The maximum atomic E-state index is 12.6. The van der Waals surface area contributed by atoms with Crippen molar-refractivity contribution in [2.24, 2.45) is 0 Å². The molecule has 2 heterocycles. The van der Waals surface area contributed by atoms with Crippen molar-refractivity contribution < 1.29 is 24.1 Å². The molecule has 132 valence electrons. The van der Waals surface area contributed by atoms with Gasteiger partial charge < -0.3 is 24.2 Å². The van der Waals surface area contributed by atoms with Gasteiger partial charge >= 0.3 is 0 Å². The highest BCUT2D eigenvalue weighted by atomic mass is 16.7. The van der Waals surface area contributed by atoms with Crippen LogP contribution < -0.4 is 9.47 Å². The molecule has 0 bridgehead atoms. The molecule has 1 N–H and O–H groups in total. The first-order chi connectivity index (χ1) is 11.7. The SMILES string of the molecule is CCOC[C@@H](O)CN1CCN(C(=O)c2ccc3c(c2)OCO3)CC1. The monoisotopic (exact) mass is 336 g/mol. The van der Waals surface area contributed by atoms with Crippen LogP contribution in [0, 0.1) is 0 Å². The first-order valence-electron chi connectivity index (χ1n) is 8.34. The van der Waals surface area contributed by atoms with Crippen molar-refractivity contribution >= 4 is 5.91 Å². The Morgan fingerprint density at radius 1 is 1.25 bits per heavy atom. The Morgan fingerprint density at radius 3 is 2.75 bits per heavy atom. The van der Waals surface area contributed by atoms with Gasteiger partial charge in [0.05, 0.1) is 12.7 Å². The molecule has 0 aliphatic carbocycles. The van der Waals surface area contributed by atoms with E-state index in [9.17, 15) is 9.90 Å². The second-order valence-electron chi connectivity index (χ2n) is 5.97. The number of aliphatic hydroxyl groups is 1. The van der Waals surface area contributed by atoms with Gasteiger partial charge in [-0.2, -0.15) is 0 Å². The number of nitrogens with zero attached hydrogens (tertiary/aromatic N) is 2. The number of amides is 1. The molecule has 1 amide bonds. The third kappa shape index (κ3) is 3.98. The van der Waals surface area contributed by atoms with Crippen LogP contribution >= 0.6 is 0 Å². The van der Waals surface area contributed by atoms with E-state index in [1.54, 1.807) is 18.2 Å². The summed E-state index contributed by atoms with van der Waals surface area (Å²) in [7, 11) is 0. The number of fused-ring (bicyclic) bond motifs is 1. The van der Waals surface area contributed by atoms with Crippen molar-refractivity contribution in [2.45, 2.75) is 13.0 Å². The molecule has 0 spiro atoms. The van der Waals surface area contributed by atoms with Gasteiger partial charge in [0.1, 0.15) is 0 Å². The highest BCUT2D eigenvalue weighted by Gasteiger charge is 2.25. The van der Waals surface area contributed by atoms with E-state index in [0.717, 1.165) is 13.1 Å². The molecule has 7 nitrogen and oxygen atoms in total. The van der Waals surface area contributed by atoms with Crippen molar-refractivity contribution in [3.05, 3.63) is 23.8 Å². The van der Waals surface area contributed by atoms with Crippen LogP contribution in [-0.2, 0) is 4.74 Å². The fourth-order valence-electron chi connectivity index (χ4n) is 2.95.